The molecule has 0 spiro atoms. The average Bonchev–Trinajstić information content (AvgIpc) is 1.84. The zero-order valence-electron chi connectivity index (χ0n) is 8.81. The number of ether oxygens (including phenoxy) is 2. The Labute approximate surface area is 75.4 Å². The van der Waals surface area contributed by atoms with Crippen LogP contribution in [0.5, 0.6) is 0 Å². The molecule has 1 atom stereocenters. The lowest BCUT2D eigenvalue weighted by Crippen LogP contribution is -2.37. The SMILES string of the molecule is CNCC(COC)OC(C)(C)C. The van der Waals surface area contributed by atoms with E-state index in [1.165, 1.54) is 0 Å². The number of nitrogens with one attached hydrogen (secondary N) is 1. The first-order chi connectivity index (χ1) is 5.49. The van der Waals surface area contributed by atoms with E-state index in [4.69, 9.17) is 9.47 Å². The summed E-state index contributed by atoms with van der Waals surface area (Å²) < 4.78 is 10.8. The Kier molecular flexibility index (Phi) is 5.46. The van der Waals surface area contributed by atoms with Gasteiger partial charge in [-0.2, -0.15) is 0 Å². The highest BCUT2D eigenvalue weighted by atomic mass is 16.5. The molecule has 0 aromatic rings. The van der Waals surface area contributed by atoms with Gasteiger partial charge in [-0.25, -0.2) is 0 Å². The molecule has 0 heterocycles. The van der Waals surface area contributed by atoms with Gasteiger partial charge >= 0.3 is 0 Å². The van der Waals surface area contributed by atoms with Crippen LogP contribution in [0, 0.1) is 0 Å². The van der Waals surface area contributed by atoms with Crippen LogP contribution in [0.1, 0.15) is 20.8 Å². The monoisotopic (exact) mass is 175 g/mol. The maximum Gasteiger partial charge on any atom is 0.0939 e. The number of methoxy groups -OCH3 is 1. The van der Waals surface area contributed by atoms with Crippen molar-refractivity contribution < 1.29 is 9.47 Å². The molecule has 0 amide bonds. The van der Waals surface area contributed by atoms with E-state index in [2.05, 4.69) is 5.32 Å². The molecule has 0 bridgehead atoms. The van der Waals surface area contributed by atoms with Crippen LogP contribution in [0.3, 0.4) is 0 Å². The van der Waals surface area contributed by atoms with E-state index in [1.54, 1.807) is 7.11 Å². The Hall–Kier alpha value is -0.120. The van der Waals surface area contributed by atoms with Gasteiger partial charge in [-0.3, -0.25) is 0 Å². The topological polar surface area (TPSA) is 30.5 Å². The first-order valence-electron chi connectivity index (χ1n) is 4.31. The molecule has 74 valence electrons. The van der Waals surface area contributed by atoms with Gasteiger partial charge in [0.15, 0.2) is 0 Å². The van der Waals surface area contributed by atoms with E-state index in [0.717, 1.165) is 6.54 Å². The number of likely N-dealkylation sites (N-methyl/N-ethyl adjacent to an activating group) is 1. The van der Waals surface area contributed by atoms with Gasteiger partial charge in [0.05, 0.1) is 18.3 Å². The largest absolute Gasteiger partial charge is 0.382 e. The highest BCUT2D eigenvalue weighted by molar-refractivity contribution is 4.67. The minimum atomic E-state index is -0.0972. The van der Waals surface area contributed by atoms with Gasteiger partial charge in [0, 0.05) is 13.7 Å². The number of rotatable bonds is 5. The second-order valence-corrected chi connectivity index (χ2v) is 3.87. The Morgan fingerprint density at radius 1 is 1.33 bits per heavy atom. The quantitative estimate of drug-likeness (QED) is 0.677. The summed E-state index contributed by atoms with van der Waals surface area (Å²) in [5.41, 5.74) is -0.0972. The standard InChI is InChI=1S/C9H21NO2/c1-9(2,3)12-8(6-10-4)7-11-5/h8,10H,6-7H2,1-5H3. The van der Waals surface area contributed by atoms with Crippen molar-refractivity contribution in [2.75, 3.05) is 27.3 Å². The summed E-state index contributed by atoms with van der Waals surface area (Å²) >= 11 is 0. The van der Waals surface area contributed by atoms with Crippen molar-refractivity contribution >= 4 is 0 Å². The van der Waals surface area contributed by atoms with E-state index in [-0.39, 0.29) is 11.7 Å². The van der Waals surface area contributed by atoms with Crippen molar-refractivity contribution in [2.24, 2.45) is 0 Å². The fraction of sp³-hybridized carbons (Fsp3) is 1.00. The van der Waals surface area contributed by atoms with Crippen LogP contribution < -0.4 is 5.32 Å². The lowest BCUT2D eigenvalue weighted by molar-refractivity contribution is -0.0839. The fourth-order valence-electron chi connectivity index (χ4n) is 1.05. The molecular formula is C9H21NO2. The summed E-state index contributed by atoms with van der Waals surface area (Å²) in [6, 6.07) is 0. The third-order valence-electron chi connectivity index (χ3n) is 1.30. The Bertz CT molecular complexity index is 104. The molecule has 3 nitrogen and oxygen atoms in total. The lowest BCUT2D eigenvalue weighted by Gasteiger charge is -2.26. The van der Waals surface area contributed by atoms with Gasteiger partial charge < -0.3 is 14.8 Å². The molecule has 0 aromatic carbocycles. The molecule has 0 aliphatic heterocycles. The van der Waals surface area contributed by atoms with Gasteiger partial charge in [0.25, 0.3) is 0 Å². The minimum absolute atomic E-state index is 0.0972. The molecule has 0 saturated carbocycles. The van der Waals surface area contributed by atoms with Crippen molar-refractivity contribution in [3.63, 3.8) is 0 Å². The summed E-state index contributed by atoms with van der Waals surface area (Å²) in [6.45, 7) is 7.60. The second-order valence-electron chi connectivity index (χ2n) is 3.87. The van der Waals surface area contributed by atoms with E-state index < -0.39 is 0 Å². The highest BCUT2D eigenvalue weighted by Gasteiger charge is 2.17. The zero-order chi connectivity index (χ0) is 9.61. The normalized spacial score (nSPS) is 14.8. The third-order valence-corrected chi connectivity index (χ3v) is 1.30. The van der Waals surface area contributed by atoms with Crippen LogP contribution in [0.15, 0.2) is 0 Å². The van der Waals surface area contributed by atoms with Crippen LogP contribution in [0.25, 0.3) is 0 Å². The summed E-state index contributed by atoms with van der Waals surface area (Å²) in [5.74, 6) is 0. The van der Waals surface area contributed by atoms with E-state index in [0.29, 0.717) is 6.61 Å². The number of hydrogen-bond acceptors (Lipinski definition) is 3. The minimum Gasteiger partial charge on any atom is -0.382 e. The predicted octanol–water partition coefficient (Wildman–Crippen LogP) is 1.04. The van der Waals surface area contributed by atoms with Gasteiger partial charge in [-0.05, 0) is 27.8 Å². The third kappa shape index (κ3) is 6.58. The summed E-state index contributed by atoms with van der Waals surface area (Å²) in [4.78, 5) is 0. The van der Waals surface area contributed by atoms with Gasteiger partial charge in [0.2, 0.25) is 0 Å². The van der Waals surface area contributed by atoms with Crippen molar-refractivity contribution in [3.05, 3.63) is 0 Å². The van der Waals surface area contributed by atoms with E-state index >= 15 is 0 Å². The average molecular weight is 175 g/mol. The molecule has 0 radical (unpaired) electrons. The fourth-order valence-corrected chi connectivity index (χ4v) is 1.05. The molecule has 0 saturated heterocycles. The van der Waals surface area contributed by atoms with Crippen LogP contribution >= 0.6 is 0 Å². The van der Waals surface area contributed by atoms with E-state index in [9.17, 15) is 0 Å². The van der Waals surface area contributed by atoms with Gasteiger partial charge in [0.1, 0.15) is 0 Å². The molecule has 0 aromatic heterocycles. The van der Waals surface area contributed by atoms with Crippen molar-refractivity contribution in [2.45, 2.75) is 32.5 Å². The molecule has 3 heteroatoms. The van der Waals surface area contributed by atoms with Gasteiger partial charge in [-0.1, -0.05) is 0 Å². The highest BCUT2D eigenvalue weighted by Crippen LogP contribution is 2.10. The van der Waals surface area contributed by atoms with Crippen LogP contribution in [-0.4, -0.2) is 39.0 Å². The summed E-state index contributed by atoms with van der Waals surface area (Å²) in [5, 5.41) is 3.07. The maximum absolute atomic E-state index is 5.73. The molecule has 0 rings (SSSR count). The Morgan fingerprint density at radius 2 is 1.92 bits per heavy atom. The lowest BCUT2D eigenvalue weighted by atomic mass is 10.2. The van der Waals surface area contributed by atoms with Gasteiger partial charge in [-0.15, -0.1) is 0 Å². The van der Waals surface area contributed by atoms with Crippen molar-refractivity contribution in [1.29, 1.82) is 0 Å². The number of hydrogen-bond donors (Lipinski definition) is 1. The molecular weight excluding hydrogens is 154 g/mol. The maximum atomic E-state index is 5.73. The van der Waals surface area contributed by atoms with Crippen molar-refractivity contribution in [1.82, 2.24) is 5.32 Å². The molecule has 1 unspecified atom stereocenters. The zero-order valence-corrected chi connectivity index (χ0v) is 8.81. The summed E-state index contributed by atoms with van der Waals surface area (Å²) in [7, 11) is 3.60. The molecule has 0 aliphatic rings. The molecule has 0 aliphatic carbocycles. The summed E-state index contributed by atoms with van der Waals surface area (Å²) in [6.07, 6.45) is 0.139. The first kappa shape index (κ1) is 11.9. The van der Waals surface area contributed by atoms with Crippen LogP contribution in [0.2, 0.25) is 0 Å². The predicted molar refractivity (Wildman–Crippen MR) is 50.4 cm³/mol. The van der Waals surface area contributed by atoms with E-state index in [1.807, 2.05) is 27.8 Å². The smallest absolute Gasteiger partial charge is 0.0939 e. The first-order valence-corrected chi connectivity index (χ1v) is 4.31. The Balaban J connectivity index is 3.77. The van der Waals surface area contributed by atoms with Crippen LogP contribution in [0.4, 0.5) is 0 Å². The Morgan fingerprint density at radius 3 is 2.25 bits per heavy atom. The van der Waals surface area contributed by atoms with Crippen molar-refractivity contribution in [3.8, 4) is 0 Å². The van der Waals surface area contributed by atoms with Crippen LogP contribution in [-0.2, 0) is 9.47 Å². The molecule has 0 fully saturated rings. The second kappa shape index (κ2) is 5.51. The molecule has 12 heavy (non-hydrogen) atoms. The molecule has 1 N–H and O–H groups in total.